The van der Waals surface area contributed by atoms with Crippen LogP contribution < -0.4 is 0 Å². The lowest BCUT2D eigenvalue weighted by Gasteiger charge is -2.35. The summed E-state index contributed by atoms with van der Waals surface area (Å²) >= 11 is 0. The number of aliphatic carboxylic acids is 1. The fourth-order valence-electron chi connectivity index (χ4n) is 4.21. The summed E-state index contributed by atoms with van der Waals surface area (Å²) in [5.74, 6) is -0.0428. The van der Waals surface area contributed by atoms with Gasteiger partial charge in [0.15, 0.2) is 0 Å². The minimum absolute atomic E-state index is 0.232. The van der Waals surface area contributed by atoms with Crippen molar-refractivity contribution in [3.05, 3.63) is 0 Å². The normalized spacial score (nSPS) is 32.2. The van der Waals surface area contributed by atoms with E-state index in [1.54, 1.807) is 0 Å². The molecule has 2 unspecified atom stereocenters. The molecule has 2 aliphatic rings. The van der Waals surface area contributed by atoms with Gasteiger partial charge >= 0.3 is 5.97 Å². The zero-order valence-electron chi connectivity index (χ0n) is 12.0. The van der Waals surface area contributed by atoms with Crippen LogP contribution in [0.4, 0.5) is 0 Å². The Morgan fingerprint density at radius 3 is 2.33 bits per heavy atom. The molecule has 0 heterocycles. The van der Waals surface area contributed by atoms with Gasteiger partial charge in [-0.15, -0.1) is 0 Å². The second-order valence-electron chi connectivity index (χ2n) is 7.12. The van der Waals surface area contributed by atoms with Gasteiger partial charge in [0.05, 0.1) is 6.54 Å². The maximum atomic E-state index is 11.1. The van der Waals surface area contributed by atoms with Gasteiger partial charge < -0.3 is 5.11 Å². The summed E-state index contributed by atoms with van der Waals surface area (Å²) in [6.45, 7) is 7.16. The molecule has 0 amide bonds. The molecule has 18 heavy (non-hydrogen) atoms. The Hall–Kier alpha value is -0.570. The summed E-state index contributed by atoms with van der Waals surface area (Å²) in [6, 6.07) is 0.988. The maximum Gasteiger partial charge on any atom is 0.317 e. The fourth-order valence-corrected chi connectivity index (χ4v) is 4.21. The van der Waals surface area contributed by atoms with Crippen LogP contribution >= 0.6 is 0 Å². The van der Waals surface area contributed by atoms with E-state index in [0.717, 1.165) is 6.42 Å². The number of carbonyl (C=O) groups is 1. The number of hydrogen-bond acceptors (Lipinski definition) is 2. The van der Waals surface area contributed by atoms with E-state index in [1.165, 1.54) is 32.1 Å². The third-order valence-electron chi connectivity index (χ3n) is 4.83. The molecule has 2 fully saturated rings. The Kier molecular flexibility index (Phi) is 4.00. The van der Waals surface area contributed by atoms with Crippen LogP contribution in [0.5, 0.6) is 0 Å². The quantitative estimate of drug-likeness (QED) is 0.836. The highest BCUT2D eigenvalue weighted by atomic mass is 16.4. The summed E-state index contributed by atoms with van der Waals surface area (Å²) < 4.78 is 0. The van der Waals surface area contributed by atoms with Crippen molar-refractivity contribution in [3.63, 3.8) is 0 Å². The maximum absolute atomic E-state index is 11.1. The molecule has 0 aromatic heterocycles. The van der Waals surface area contributed by atoms with Gasteiger partial charge in [-0.3, -0.25) is 9.69 Å². The zero-order chi connectivity index (χ0) is 13.3. The molecule has 3 heteroatoms. The molecular formula is C15H27NO2. The monoisotopic (exact) mass is 253 g/mol. The van der Waals surface area contributed by atoms with Gasteiger partial charge in [0.25, 0.3) is 0 Å². The number of hydrogen-bond donors (Lipinski definition) is 1. The number of carboxylic acids is 1. The van der Waals surface area contributed by atoms with Crippen LogP contribution in [0.1, 0.15) is 59.3 Å². The Labute approximate surface area is 111 Å². The van der Waals surface area contributed by atoms with Crippen LogP contribution in [0.2, 0.25) is 0 Å². The SMILES string of the molecule is CC1CC(C)(C)CC1N(CC(=O)O)C1CCCC1. The van der Waals surface area contributed by atoms with Gasteiger partial charge in [-0.05, 0) is 37.0 Å². The summed E-state index contributed by atoms with van der Waals surface area (Å²) in [7, 11) is 0. The van der Waals surface area contributed by atoms with Crippen LogP contribution in [0.3, 0.4) is 0 Å². The lowest BCUT2D eigenvalue weighted by atomic mass is 9.91. The molecule has 1 N–H and O–H groups in total. The van der Waals surface area contributed by atoms with Gasteiger partial charge in [-0.1, -0.05) is 33.6 Å². The molecule has 2 saturated carbocycles. The average Bonchev–Trinajstić information content (AvgIpc) is 2.82. The van der Waals surface area contributed by atoms with Gasteiger partial charge in [-0.25, -0.2) is 0 Å². The van der Waals surface area contributed by atoms with Gasteiger partial charge in [-0.2, -0.15) is 0 Å². The lowest BCUT2D eigenvalue weighted by molar-refractivity contribution is -0.140. The number of carboxylic acid groups (broad SMARTS) is 1. The van der Waals surface area contributed by atoms with Gasteiger partial charge in [0, 0.05) is 12.1 Å². The van der Waals surface area contributed by atoms with Crippen molar-refractivity contribution in [1.29, 1.82) is 0 Å². The molecule has 2 rings (SSSR count). The first-order chi connectivity index (χ1) is 8.39. The molecule has 2 aliphatic carbocycles. The highest BCUT2D eigenvalue weighted by molar-refractivity contribution is 5.69. The van der Waals surface area contributed by atoms with Crippen molar-refractivity contribution in [1.82, 2.24) is 4.90 Å². The molecule has 2 atom stereocenters. The lowest BCUT2D eigenvalue weighted by Crippen LogP contribution is -2.46. The Balaban J connectivity index is 2.10. The van der Waals surface area contributed by atoms with Crippen LogP contribution in [-0.2, 0) is 4.79 Å². The van der Waals surface area contributed by atoms with Crippen molar-refractivity contribution < 1.29 is 9.90 Å². The minimum atomic E-state index is -0.668. The van der Waals surface area contributed by atoms with Crippen molar-refractivity contribution in [2.45, 2.75) is 71.4 Å². The first-order valence-corrected chi connectivity index (χ1v) is 7.36. The third-order valence-corrected chi connectivity index (χ3v) is 4.83. The van der Waals surface area contributed by atoms with Gasteiger partial charge in [0.2, 0.25) is 0 Å². The van der Waals surface area contributed by atoms with E-state index in [9.17, 15) is 9.90 Å². The predicted molar refractivity (Wildman–Crippen MR) is 72.6 cm³/mol. The molecule has 0 aromatic carbocycles. The van der Waals surface area contributed by atoms with E-state index in [2.05, 4.69) is 25.7 Å². The number of rotatable bonds is 4. The van der Waals surface area contributed by atoms with E-state index in [0.29, 0.717) is 23.4 Å². The summed E-state index contributed by atoms with van der Waals surface area (Å²) in [6.07, 6.45) is 7.29. The standard InChI is InChI=1S/C15H27NO2/c1-11-8-15(2,3)9-13(11)16(10-14(17)18)12-6-4-5-7-12/h11-13H,4-10H2,1-3H3,(H,17,18). The van der Waals surface area contributed by atoms with E-state index in [1.807, 2.05) is 0 Å². The molecule has 0 aromatic rings. The highest BCUT2D eigenvalue weighted by Gasteiger charge is 2.42. The first-order valence-electron chi connectivity index (χ1n) is 7.36. The van der Waals surface area contributed by atoms with Crippen molar-refractivity contribution >= 4 is 5.97 Å². The molecular weight excluding hydrogens is 226 g/mol. The molecule has 0 radical (unpaired) electrons. The highest BCUT2D eigenvalue weighted by Crippen LogP contribution is 2.44. The Morgan fingerprint density at radius 1 is 1.28 bits per heavy atom. The van der Waals surface area contributed by atoms with Crippen LogP contribution in [0.25, 0.3) is 0 Å². The second-order valence-corrected chi connectivity index (χ2v) is 7.12. The average molecular weight is 253 g/mol. The molecule has 3 nitrogen and oxygen atoms in total. The molecule has 0 aliphatic heterocycles. The van der Waals surface area contributed by atoms with Crippen molar-refractivity contribution in [2.75, 3.05) is 6.54 Å². The van der Waals surface area contributed by atoms with Crippen LogP contribution in [0.15, 0.2) is 0 Å². The molecule has 104 valence electrons. The largest absolute Gasteiger partial charge is 0.480 e. The minimum Gasteiger partial charge on any atom is -0.480 e. The first kappa shape index (κ1) is 13.9. The second kappa shape index (κ2) is 5.20. The molecule has 0 spiro atoms. The molecule has 0 saturated heterocycles. The smallest absolute Gasteiger partial charge is 0.317 e. The van der Waals surface area contributed by atoms with Crippen LogP contribution in [-0.4, -0.2) is 34.6 Å². The van der Waals surface area contributed by atoms with E-state index < -0.39 is 5.97 Å². The predicted octanol–water partition coefficient (Wildman–Crippen LogP) is 3.14. The Bertz CT molecular complexity index is 308. The summed E-state index contributed by atoms with van der Waals surface area (Å²) in [5.41, 5.74) is 0.374. The van der Waals surface area contributed by atoms with Gasteiger partial charge in [0.1, 0.15) is 0 Å². The van der Waals surface area contributed by atoms with Crippen LogP contribution in [0, 0.1) is 11.3 Å². The topological polar surface area (TPSA) is 40.5 Å². The van der Waals surface area contributed by atoms with Crippen molar-refractivity contribution in [2.24, 2.45) is 11.3 Å². The summed E-state index contributed by atoms with van der Waals surface area (Å²) in [5, 5.41) is 9.18. The third kappa shape index (κ3) is 3.05. The number of nitrogens with zero attached hydrogens (tertiary/aromatic N) is 1. The Morgan fingerprint density at radius 2 is 1.89 bits per heavy atom. The zero-order valence-corrected chi connectivity index (χ0v) is 12.0. The fraction of sp³-hybridized carbons (Fsp3) is 0.933. The van der Waals surface area contributed by atoms with E-state index >= 15 is 0 Å². The summed E-state index contributed by atoms with van der Waals surface area (Å²) in [4.78, 5) is 13.5. The molecule has 0 bridgehead atoms. The van der Waals surface area contributed by atoms with E-state index in [4.69, 9.17) is 0 Å². The van der Waals surface area contributed by atoms with Crippen molar-refractivity contribution in [3.8, 4) is 0 Å². The van der Waals surface area contributed by atoms with E-state index in [-0.39, 0.29) is 6.54 Å².